The molecule has 2 aliphatic rings. The average Bonchev–Trinajstić information content (AvgIpc) is 3.36. The van der Waals surface area contributed by atoms with Crippen LogP contribution in [0.5, 0.6) is 0 Å². The summed E-state index contributed by atoms with van der Waals surface area (Å²) >= 11 is 0. The van der Waals surface area contributed by atoms with E-state index in [-0.39, 0.29) is 17.6 Å². The van der Waals surface area contributed by atoms with E-state index in [0.717, 1.165) is 37.1 Å². The van der Waals surface area contributed by atoms with Crippen molar-refractivity contribution in [3.8, 4) is 0 Å². The summed E-state index contributed by atoms with van der Waals surface area (Å²) in [4.78, 5) is 14.6. The largest absolute Gasteiger partial charge is 0.372 e. The molecule has 28 heavy (non-hydrogen) atoms. The molecule has 1 aromatic carbocycles. The Kier molecular flexibility index (Phi) is 5.59. The molecule has 4 rings (SSSR count). The van der Waals surface area contributed by atoms with Gasteiger partial charge in [-0.1, -0.05) is 30.3 Å². The third kappa shape index (κ3) is 4.03. The molecule has 1 amide bonds. The van der Waals surface area contributed by atoms with Crippen LogP contribution in [0.4, 0.5) is 0 Å². The van der Waals surface area contributed by atoms with Gasteiger partial charge >= 0.3 is 0 Å². The average molecular weight is 381 g/mol. The van der Waals surface area contributed by atoms with Crippen LogP contribution in [-0.2, 0) is 27.9 Å². The number of rotatable bonds is 5. The summed E-state index contributed by atoms with van der Waals surface area (Å²) in [7, 11) is 1.86. The van der Waals surface area contributed by atoms with Gasteiger partial charge in [-0.3, -0.25) is 9.48 Å². The lowest BCUT2D eigenvalue weighted by Gasteiger charge is -2.44. The maximum absolute atomic E-state index is 12.7. The fourth-order valence-electron chi connectivity index (χ4n) is 4.10. The number of likely N-dealkylation sites (tertiary alicyclic amines) is 1. The Hall–Kier alpha value is -2.44. The molecule has 2 fully saturated rings. The lowest BCUT2D eigenvalue weighted by molar-refractivity contribution is -0.165. The van der Waals surface area contributed by atoms with Crippen molar-refractivity contribution in [1.29, 1.82) is 0 Å². The number of hydrogen-bond donors (Lipinski definition) is 0. The van der Waals surface area contributed by atoms with Crippen LogP contribution in [0.2, 0.25) is 0 Å². The summed E-state index contributed by atoms with van der Waals surface area (Å²) in [5.74, 6) is 0.00218. The van der Waals surface area contributed by atoms with Crippen LogP contribution >= 0.6 is 0 Å². The van der Waals surface area contributed by atoms with Crippen LogP contribution in [-0.4, -0.2) is 52.0 Å². The van der Waals surface area contributed by atoms with E-state index < -0.39 is 0 Å². The third-order valence-electron chi connectivity index (χ3n) is 5.77. The van der Waals surface area contributed by atoms with Crippen LogP contribution in [0.25, 0.3) is 6.08 Å². The molecule has 2 saturated heterocycles. The normalized spacial score (nSPS) is 25.0. The van der Waals surface area contributed by atoms with Gasteiger partial charge in [0.25, 0.3) is 0 Å². The number of hydrogen-bond acceptors (Lipinski definition) is 4. The van der Waals surface area contributed by atoms with Gasteiger partial charge in [-0.05, 0) is 37.0 Å². The molecule has 0 unspecified atom stereocenters. The SMILES string of the molecule is Cn1nccc1/C=C/C(=O)N1CC[C@]2(CCCO2)[C@H](OCc2ccccc2)C1. The highest BCUT2D eigenvalue weighted by Crippen LogP contribution is 2.38. The first kappa shape index (κ1) is 18.9. The number of ether oxygens (including phenoxy) is 2. The highest BCUT2D eigenvalue weighted by atomic mass is 16.6. The first-order valence-electron chi connectivity index (χ1n) is 9.91. The van der Waals surface area contributed by atoms with Gasteiger partial charge in [-0.2, -0.15) is 5.10 Å². The van der Waals surface area contributed by atoms with E-state index in [1.54, 1.807) is 17.0 Å². The number of piperidine rings is 1. The van der Waals surface area contributed by atoms with Crippen molar-refractivity contribution < 1.29 is 14.3 Å². The highest BCUT2D eigenvalue weighted by molar-refractivity contribution is 5.91. The molecule has 1 aromatic heterocycles. The summed E-state index contributed by atoms with van der Waals surface area (Å²) in [6.45, 7) is 2.56. The Balaban J connectivity index is 1.43. The van der Waals surface area contributed by atoms with Crippen molar-refractivity contribution >= 4 is 12.0 Å². The molecule has 6 heteroatoms. The minimum Gasteiger partial charge on any atom is -0.372 e. The Labute approximate surface area is 165 Å². The van der Waals surface area contributed by atoms with Crippen molar-refractivity contribution in [3.05, 3.63) is 59.9 Å². The molecule has 148 valence electrons. The summed E-state index contributed by atoms with van der Waals surface area (Å²) in [5, 5.41) is 4.12. The minimum atomic E-state index is -0.253. The molecular formula is C22H27N3O3. The fraction of sp³-hybridized carbons (Fsp3) is 0.455. The number of benzene rings is 1. The third-order valence-corrected chi connectivity index (χ3v) is 5.77. The quantitative estimate of drug-likeness (QED) is 0.748. The second kappa shape index (κ2) is 8.29. The van der Waals surface area contributed by atoms with Gasteiger partial charge in [0, 0.05) is 39.0 Å². The van der Waals surface area contributed by atoms with Crippen molar-refractivity contribution in [2.45, 2.75) is 37.6 Å². The Bertz CT molecular complexity index is 825. The first-order valence-corrected chi connectivity index (χ1v) is 9.91. The van der Waals surface area contributed by atoms with Crippen LogP contribution in [0.3, 0.4) is 0 Å². The number of carbonyl (C=O) groups excluding carboxylic acids is 1. The van der Waals surface area contributed by atoms with Gasteiger partial charge in [0.05, 0.1) is 17.9 Å². The standard InChI is InChI=1S/C22H27N3O3/c1-24-19(10-13-23-24)8-9-21(26)25-14-12-22(11-5-15-28-22)20(16-25)27-17-18-6-3-2-4-7-18/h2-4,6-10,13,20H,5,11-12,14-17H2,1H3/b9-8+/t20-,22-/m1/s1. The molecule has 2 atom stereocenters. The van der Waals surface area contributed by atoms with Crippen LogP contribution < -0.4 is 0 Å². The monoisotopic (exact) mass is 381 g/mol. The number of carbonyl (C=O) groups is 1. The number of aryl methyl sites for hydroxylation is 1. The van der Waals surface area contributed by atoms with Gasteiger partial charge in [-0.15, -0.1) is 0 Å². The molecule has 0 N–H and O–H groups in total. The number of nitrogens with zero attached hydrogens (tertiary/aromatic N) is 3. The molecule has 0 aliphatic carbocycles. The van der Waals surface area contributed by atoms with Gasteiger partial charge in [-0.25, -0.2) is 0 Å². The summed E-state index contributed by atoms with van der Waals surface area (Å²) < 4.78 is 14.2. The van der Waals surface area contributed by atoms with E-state index in [9.17, 15) is 4.79 Å². The van der Waals surface area contributed by atoms with Crippen molar-refractivity contribution in [3.63, 3.8) is 0 Å². The molecular weight excluding hydrogens is 354 g/mol. The molecule has 1 spiro atoms. The van der Waals surface area contributed by atoms with E-state index in [0.29, 0.717) is 19.7 Å². The van der Waals surface area contributed by atoms with Gasteiger partial charge < -0.3 is 14.4 Å². The zero-order valence-corrected chi connectivity index (χ0v) is 16.3. The lowest BCUT2D eigenvalue weighted by Crippen LogP contribution is -2.57. The summed E-state index contributed by atoms with van der Waals surface area (Å²) in [6, 6.07) is 12.0. The van der Waals surface area contributed by atoms with Crippen molar-refractivity contribution in [2.24, 2.45) is 7.05 Å². The lowest BCUT2D eigenvalue weighted by atomic mass is 9.85. The predicted octanol–water partition coefficient (Wildman–Crippen LogP) is 2.80. The zero-order chi connectivity index (χ0) is 19.4. The number of aromatic nitrogens is 2. The smallest absolute Gasteiger partial charge is 0.246 e. The maximum Gasteiger partial charge on any atom is 0.246 e. The molecule has 6 nitrogen and oxygen atoms in total. The van der Waals surface area contributed by atoms with Crippen molar-refractivity contribution in [1.82, 2.24) is 14.7 Å². The van der Waals surface area contributed by atoms with Crippen molar-refractivity contribution in [2.75, 3.05) is 19.7 Å². The molecule has 0 saturated carbocycles. The minimum absolute atomic E-state index is 0.00218. The Morgan fingerprint density at radius 1 is 1.32 bits per heavy atom. The molecule has 2 aliphatic heterocycles. The van der Waals surface area contributed by atoms with Crippen LogP contribution in [0.1, 0.15) is 30.5 Å². The zero-order valence-electron chi connectivity index (χ0n) is 16.3. The first-order chi connectivity index (χ1) is 13.7. The van der Waals surface area contributed by atoms with Crippen LogP contribution in [0, 0.1) is 0 Å². The molecule has 3 heterocycles. The van der Waals surface area contributed by atoms with E-state index in [1.165, 1.54) is 0 Å². The topological polar surface area (TPSA) is 56.6 Å². The Morgan fingerprint density at radius 3 is 2.89 bits per heavy atom. The maximum atomic E-state index is 12.7. The molecule has 2 aromatic rings. The van der Waals surface area contributed by atoms with E-state index >= 15 is 0 Å². The second-order valence-corrected chi connectivity index (χ2v) is 7.55. The molecule has 0 bridgehead atoms. The fourth-order valence-corrected chi connectivity index (χ4v) is 4.10. The second-order valence-electron chi connectivity index (χ2n) is 7.55. The number of amides is 1. The summed E-state index contributed by atoms with van der Waals surface area (Å²) in [5.41, 5.74) is 1.78. The van der Waals surface area contributed by atoms with Gasteiger partial charge in [0.2, 0.25) is 5.91 Å². The van der Waals surface area contributed by atoms with E-state index in [2.05, 4.69) is 17.2 Å². The highest BCUT2D eigenvalue weighted by Gasteiger charge is 2.47. The molecule has 0 radical (unpaired) electrons. The van der Waals surface area contributed by atoms with Gasteiger partial charge in [0.1, 0.15) is 6.10 Å². The van der Waals surface area contributed by atoms with E-state index in [1.807, 2.05) is 42.3 Å². The summed E-state index contributed by atoms with van der Waals surface area (Å²) in [6.07, 6.45) is 7.92. The van der Waals surface area contributed by atoms with E-state index in [4.69, 9.17) is 9.47 Å². The van der Waals surface area contributed by atoms with Crippen LogP contribution in [0.15, 0.2) is 48.7 Å². The predicted molar refractivity (Wildman–Crippen MR) is 106 cm³/mol. The van der Waals surface area contributed by atoms with Gasteiger partial charge in [0.15, 0.2) is 0 Å². The Morgan fingerprint density at radius 2 is 2.18 bits per heavy atom.